The summed E-state index contributed by atoms with van der Waals surface area (Å²) in [6, 6.07) is -1.87. The topological polar surface area (TPSA) is 335 Å². The molecular weight excluding hydrogens is 857 g/mol. The van der Waals surface area contributed by atoms with Crippen molar-refractivity contribution in [2.75, 3.05) is 26.2 Å². The quantitative estimate of drug-likeness (QED) is 0.127. The second-order valence-electron chi connectivity index (χ2n) is 16.8. The molecule has 348 valence electrons. The zero-order valence-corrected chi connectivity index (χ0v) is 36.4. The van der Waals surface area contributed by atoms with Crippen LogP contribution in [0.15, 0.2) is 29.3 Å². The van der Waals surface area contributed by atoms with Gasteiger partial charge in [-0.1, -0.05) is 57.2 Å². The van der Waals surface area contributed by atoms with Gasteiger partial charge in [0.1, 0.15) is 36.3 Å². The van der Waals surface area contributed by atoms with Gasteiger partial charge < -0.3 is 67.7 Å². The highest BCUT2D eigenvalue weighted by molar-refractivity contribution is 8.00. The largest absolute Gasteiger partial charge is 0.394 e. The fourth-order valence-corrected chi connectivity index (χ4v) is 9.64. The van der Waals surface area contributed by atoms with Crippen molar-refractivity contribution in [3.05, 3.63) is 29.8 Å². The van der Waals surface area contributed by atoms with Gasteiger partial charge >= 0.3 is 0 Å². The number of amides is 9. The first-order valence-electron chi connectivity index (χ1n) is 21.3. The summed E-state index contributed by atoms with van der Waals surface area (Å²) < 4.78 is 0. The van der Waals surface area contributed by atoms with E-state index >= 15 is 0 Å². The number of aromatic nitrogens is 1. The van der Waals surface area contributed by atoms with E-state index in [9.17, 15) is 58.5 Å². The van der Waals surface area contributed by atoms with Crippen LogP contribution in [0.1, 0.15) is 58.4 Å². The number of aromatic amines is 1. The molecule has 0 aliphatic carbocycles. The van der Waals surface area contributed by atoms with Crippen molar-refractivity contribution < 1.29 is 58.5 Å². The number of aliphatic hydroxyl groups excluding tert-OH is 3. The fourth-order valence-electron chi connectivity index (χ4n) is 8.55. The Morgan fingerprint density at radius 3 is 2.30 bits per heavy atom. The van der Waals surface area contributed by atoms with E-state index in [1.54, 1.807) is 31.2 Å². The minimum absolute atomic E-state index is 0.147. The van der Waals surface area contributed by atoms with Gasteiger partial charge in [0.2, 0.25) is 47.3 Å². The second-order valence-corrected chi connectivity index (χ2v) is 17.9. The summed E-state index contributed by atoms with van der Waals surface area (Å²) in [4.78, 5) is 132. The van der Waals surface area contributed by atoms with Crippen molar-refractivity contribution in [3.63, 3.8) is 0 Å². The molecule has 11 atom stereocenters. The third kappa shape index (κ3) is 10.4. The molecule has 9 amide bonds. The van der Waals surface area contributed by atoms with Crippen molar-refractivity contribution >= 4 is 75.8 Å². The Morgan fingerprint density at radius 2 is 1.59 bits per heavy atom. The van der Waals surface area contributed by atoms with E-state index in [1.165, 1.54) is 11.8 Å². The number of nitrogens with one attached hydrogen (secondary N) is 7. The van der Waals surface area contributed by atoms with Crippen LogP contribution >= 0.6 is 11.8 Å². The standard InChI is InChI=1S/C41H56N10O12S/c1-4-18(2)31-41(63)50-11-7-10-26(50)34(58)49-39-37(61)45-25(14-29(42)55)40(62)51-16-20(53)12-27(51)35(59)48-32(19(3)28(54)17-52)36(60)44-24(33(57)43-15-30(56)47-31)13-22-21-8-5-6-9-23(21)46-38(22)64-39/h5-6,8-9,18-20,24-28,31-32,39,46,52-54H,4,7,10-17H2,1-3H3,(H2,42,55)(H,43,57)(H,44,60)(H,45,61)(H,47,56)(H,48,59)(H,49,58)/t18-,19-,20+,24-,25?,26+,27-,28-,31-,32-,39-/m0/s1. The maximum absolute atomic E-state index is 14.6. The molecule has 5 heterocycles. The zero-order chi connectivity index (χ0) is 46.6. The lowest BCUT2D eigenvalue weighted by Gasteiger charge is -2.33. The third-order valence-corrected chi connectivity index (χ3v) is 13.6. The minimum Gasteiger partial charge on any atom is -0.394 e. The number of thioether (sulfide) groups is 1. The summed E-state index contributed by atoms with van der Waals surface area (Å²) in [5.74, 6) is -9.64. The molecule has 4 aliphatic heterocycles. The lowest BCUT2D eigenvalue weighted by atomic mass is 9.93. The Hall–Kier alpha value is -5.78. The summed E-state index contributed by atoms with van der Waals surface area (Å²) in [6.45, 7) is 3.12. The molecule has 1 aromatic carbocycles. The van der Waals surface area contributed by atoms with Gasteiger partial charge in [-0.2, -0.15) is 0 Å². The number of hydrogen-bond acceptors (Lipinski definition) is 13. The van der Waals surface area contributed by atoms with Gasteiger partial charge in [-0.05, 0) is 30.4 Å². The van der Waals surface area contributed by atoms with Gasteiger partial charge in [-0.15, -0.1) is 0 Å². The van der Waals surface area contributed by atoms with E-state index in [1.807, 2.05) is 6.92 Å². The second kappa shape index (κ2) is 20.4. The number of carbonyl (C=O) groups excluding carboxylic acids is 9. The summed E-state index contributed by atoms with van der Waals surface area (Å²) in [6.07, 6.45) is -3.28. The van der Waals surface area contributed by atoms with Gasteiger partial charge in [0.25, 0.3) is 5.91 Å². The van der Waals surface area contributed by atoms with E-state index in [0.29, 0.717) is 29.3 Å². The highest BCUT2D eigenvalue weighted by Gasteiger charge is 2.46. The van der Waals surface area contributed by atoms with Crippen LogP contribution < -0.4 is 37.6 Å². The number of benzene rings is 1. The van der Waals surface area contributed by atoms with Crippen molar-refractivity contribution in [1.82, 2.24) is 46.7 Å². The Kier molecular flexibility index (Phi) is 15.2. The summed E-state index contributed by atoms with van der Waals surface area (Å²) in [5, 5.41) is 46.2. The smallest absolute Gasteiger partial charge is 0.254 e. The van der Waals surface area contributed by atoms with Crippen molar-refractivity contribution in [2.24, 2.45) is 17.6 Å². The predicted octanol–water partition coefficient (Wildman–Crippen LogP) is -3.81. The first kappa shape index (κ1) is 47.7. The van der Waals surface area contributed by atoms with E-state index in [4.69, 9.17) is 5.73 Å². The highest BCUT2D eigenvalue weighted by atomic mass is 32.2. The molecule has 12 N–H and O–H groups in total. The molecule has 64 heavy (non-hydrogen) atoms. The number of hydrogen-bond donors (Lipinski definition) is 11. The van der Waals surface area contributed by atoms with Crippen LogP contribution in [-0.4, -0.2) is 163 Å². The van der Waals surface area contributed by atoms with Crippen LogP contribution in [0.25, 0.3) is 10.9 Å². The first-order valence-corrected chi connectivity index (χ1v) is 22.2. The number of H-pyrrole nitrogens is 1. The number of primary amides is 1. The normalized spacial score (nSPS) is 29.3. The number of fused-ring (bicyclic) bond motifs is 5. The predicted molar refractivity (Wildman–Crippen MR) is 227 cm³/mol. The number of nitrogens with zero attached hydrogens (tertiary/aromatic N) is 2. The molecule has 1 unspecified atom stereocenters. The number of rotatable bonds is 7. The Bertz CT molecular complexity index is 2170. The van der Waals surface area contributed by atoms with Gasteiger partial charge in [-0.25, -0.2) is 0 Å². The maximum atomic E-state index is 14.6. The summed E-state index contributed by atoms with van der Waals surface area (Å²) >= 11 is 0.774. The Morgan fingerprint density at radius 1 is 0.875 bits per heavy atom. The summed E-state index contributed by atoms with van der Waals surface area (Å²) in [7, 11) is 0. The molecule has 2 aromatic rings. The van der Waals surface area contributed by atoms with E-state index < -0.39 is 145 Å². The first-order chi connectivity index (χ1) is 30.4. The number of aliphatic hydroxyl groups is 3. The van der Waals surface area contributed by atoms with E-state index in [0.717, 1.165) is 16.7 Å². The van der Waals surface area contributed by atoms with Crippen LogP contribution in [-0.2, 0) is 49.6 Å². The molecule has 2 saturated heterocycles. The Balaban J connectivity index is 1.54. The monoisotopic (exact) mass is 912 g/mol. The number of para-hydroxylation sites is 1. The molecule has 2 fully saturated rings. The average Bonchev–Trinajstić information content (AvgIpc) is 4.01. The van der Waals surface area contributed by atoms with E-state index in [-0.39, 0.29) is 30.8 Å². The van der Waals surface area contributed by atoms with Gasteiger partial charge in [0, 0.05) is 42.8 Å². The van der Waals surface area contributed by atoms with E-state index in [2.05, 4.69) is 36.9 Å². The summed E-state index contributed by atoms with van der Waals surface area (Å²) in [5.41, 5.74) is 6.43. The molecule has 6 rings (SSSR count). The SMILES string of the molecule is CC[C@H](C)[C@@H]1NC(=O)CNC(=O)[C@@H]2Cc3c([nH]c4ccccc34)S[C@H](NC(=O)[C@H]3CCCN3C1=O)C(=O)NC(CC(N)=O)C(=O)N1C[C@H](O)C[C@H]1C(=O)N[C@@H]([C@@H](C)[C@@H](O)CO)C(=O)N2. The zero-order valence-electron chi connectivity index (χ0n) is 35.6. The van der Waals surface area contributed by atoms with Crippen LogP contribution in [0.2, 0.25) is 0 Å². The van der Waals surface area contributed by atoms with Crippen molar-refractivity contribution in [3.8, 4) is 0 Å². The molecule has 0 saturated carbocycles. The molecule has 0 spiro atoms. The lowest BCUT2D eigenvalue weighted by molar-refractivity contribution is -0.144. The molecule has 1 aromatic heterocycles. The van der Waals surface area contributed by atoms with Crippen LogP contribution in [0, 0.1) is 11.8 Å². The molecular formula is C41H56N10O12S. The fraction of sp³-hybridized carbons (Fsp3) is 0.585. The van der Waals surface area contributed by atoms with Crippen molar-refractivity contribution in [1.29, 1.82) is 0 Å². The highest BCUT2D eigenvalue weighted by Crippen LogP contribution is 2.34. The lowest BCUT2D eigenvalue weighted by Crippen LogP contribution is -2.62. The Labute approximate surface area is 371 Å². The number of nitrogens with two attached hydrogens (primary N) is 1. The number of carbonyl (C=O) groups is 9. The minimum atomic E-state index is -1.74. The molecule has 23 heteroatoms. The molecule has 2 bridgehead atoms. The van der Waals surface area contributed by atoms with Crippen LogP contribution in [0.5, 0.6) is 0 Å². The third-order valence-electron chi connectivity index (χ3n) is 12.4. The van der Waals surface area contributed by atoms with Crippen LogP contribution in [0.4, 0.5) is 0 Å². The van der Waals surface area contributed by atoms with Gasteiger partial charge in [0.05, 0.1) is 36.8 Å². The van der Waals surface area contributed by atoms with Gasteiger partial charge in [-0.3, -0.25) is 43.2 Å². The van der Waals surface area contributed by atoms with Crippen LogP contribution in [0.3, 0.4) is 0 Å². The maximum Gasteiger partial charge on any atom is 0.254 e. The van der Waals surface area contributed by atoms with Crippen molar-refractivity contribution in [2.45, 2.75) is 118 Å². The molecule has 22 nitrogen and oxygen atoms in total. The molecule has 4 aliphatic rings. The average molecular weight is 913 g/mol. The molecule has 0 radical (unpaired) electrons. The van der Waals surface area contributed by atoms with Gasteiger partial charge in [0.15, 0.2) is 5.37 Å².